The van der Waals surface area contributed by atoms with Gasteiger partial charge in [-0.3, -0.25) is 4.79 Å². The Morgan fingerprint density at radius 3 is 2.24 bits per heavy atom. The lowest BCUT2D eigenvalue weighted by Gasteiger charge is -2.33. The number of carboxylic acid groups (broad SMARTS) is 1. The van der Waals surface area contributed by atoms with Crippen LogP contribution in [0.25, 0.3) is 0 Å². The van der Waals surface area contributed by atoms with E-state index >= 15 is 0 Å². The first-order chi connectivity index (χ1) is 9.83. The lowest BCUT2D eigenvalue weighted by atomic mass is 9.74. The Morgan fingerprint density at radius 2 is 1.76 bits per heavy atom. The number of anilines is 1. The van der Waals surface area contributed by atoms with Crippen molar-refractivity contribution < 1.29 is 18.3 Å². The van der Waals surface area contributed by atoms with Gasteiger partial charge in [-0.25, -0.2) is 8.42 Å². The summed E-state index contributed by atoms with van der Waals surface area (Å²) >= 11 is 0. The third-order valence-corrected chi connectivity index (χ3v) is 5.31. The van der Waals surface area contributed by atoms with Crippen molar-refractivity contribution in [2.45, 2.75) is 37.0 Å². The molecule has 0 aliphatic heterocycles. The van der Waals surface area contributed by atoms with Crippen LogP contribution in [0.3, 0.4) is 0 Å². The van der Waals surface area contributed by atoms with E-state index in [4.69, 9.17) is 0 Å². The largest absolute Gasteiger partial charge is 0.481 e. The summed E-state index contributed by atoms with van der Waals surface area (Å²) in [5.41, 5.74) is 0.0434. The molecule has 0 unspecified atom stereocenters. The molecule has 1 aromatic rings. The van der Waals surface area contributed by atoms with Crippen molar-refractivity contribution in [1.29, 1.82) is 0 Å². The second kappa shape index (κ2) is 6.05. The molecule has 0 aromatic heterocycles. The number of sulfone groups is 1. The summed E-state index contributed by atoms with van der Waals surface area (Å²) in [4.78, 5) is 11.8. The van der Waals surface area contributed by atoms with Crippen molar-refractivity contribution in [3.05, 3.63) is 24.3 Å². The fourth-order valence-electron chi connectivity index (χ4n) is 2.79. The molecule has 0 bridgehead atoms. The monoisotopic (exact) mass is 311 g/mol. The van der Waals surface area contributed by atoms with E-state index in [-0.39, 0.29) is 4.90 Å². The third-order valence-electron chi connectivity index (χ3n) is 4.18. The van der Waals surface area contributed by atoms with Crippen LogP contribution >= 0.6 is 0 Å². The molecular weight excluding hydrogens is 290 g/mol. The molecule has 0 radical (unpaired) electrons. The van der Waals surface area contributed by atoms with E-state index in [0.717, 1.165) is 31.2 Å². The Bertz CT molecular complexity index is 601. The van der Waals surface area contributed by atoms with Gasteiger partial charge in [0.2, 0.25) is 0 Å². The van der Waals surface area contributed by atoms with Crippen LogP contribution in [0.1, 0.15) is 32.1 Å². The van der Waals surface area contributed by atoms with Crippen LogP contribution in [0.2, 0.25) is 0 Å². The van der Waals surface area contributed by atoms with E-state index in [2.05, 4.69) is 5.32 Å². The van der Waals surface area contributed by atoms with Gasteiger partial charge in [-0.15, -0.1) is 0 Å². The fourth-order valence-corrected chi connectivity index (χ4v) is 3.42. The molecule has 1 saturated carbocycles. The highest BCUT2D eigenvalue weighted by Crippen LogP contribution is 2.36. The van der Waals surface area contributed by atoms with E-state index in [1.165, 1.54) is 12.1 Å². The van der Waals surface area contributed by atoms with Crippen molar-refractivity contribution in [2.75, 3.05) is 18.1 Å². The van der Waals surface area contributed by atoms with Crippen molar-refractivity contribution >= 4 is 21.5 Å². The Kier molecular flexibility index (Phi) is 4.56. The van der Waals surface area contributed by atoms with Gasteiger partial charge in [0.25, 0.3) is 0 Å². The van der Waals surface area contributed by atoms with E-state index in [1.807, 2.05) is 0 Å². The van der Waals surface area contributed by atoms with Crippen LogP contribution in [-0.4, -0.2) is 32.3 Å². The minimum Gasteiger partial charge on any atom is -0.481 e. The zero-order valence-electron chi connectivity index (χ0n) is 12.1. The first-order valence-corrected chi connectivity index (χ1v) is 9.00. The summed E-state index contributed by atoms with van der Waals surface area (Å²) in [7, 11) is -3.20. The number of carbonyl (C=O) groups is 1. The lowest BCUT2D eigenvalue weighted by molar-refractivity contribution is -0.150. The summed E-state index contributed by atoms with van der Waals surface area (Å²) in [5.74, 6) is -0.748. The molecule has 1 aliphatic rings. The maximum Gasteiger partial charge on any atom is 0.311 e. The molecule has 0 saturated heterocycles. The molecule has 0 heterocycles. The number of hydrogen-bond donors (Lipinski definition) is 2. The molecule has 1 aliphatic carbocycles. The number of benzene rings is 1. The first-order valence-electron chi connectivity index (χ1n) is 7.11. The number of carboxylic acids is 1. The molecule has 1 fully saturated rings. The van der Waals surface area contributed by atoms with E-state index < -0.39 is 21.2 Å². The topological polar surface area (TPSA) is 83.5 Å². The van der Waals surface area contributed by atoms with Gasteiger partial charge in [0.1, 0.15) is 0 Å². The minimum absolute atomic E-state index is 0.263. The highest BCUT2D eigenvalue weighted by molar-refractivity contribution is 7.90. The second-order valence-corrected chi connectivity index (χ2v) is 7.81. The van der Waals surface area contributed by atoms with E-state index in [9.17, 15) is 18.3 Å². The average Bonchev–Trinajstić information content (AvgIpc) is 2.45. The van der Waals surface area contributed by atoms with Crippen molar-refractivity contribution in [2.24, 2.45) is 5.41 Å². The van der Waals surface area contributed by atoms with Crippen molar-refractivity contribution in [3.63, 3.8) is 0 Å². The first kappa shape index (κ1) is 15.8. The van der Waals surface area contributed by atoms with Gasteiger partial charge < -0.3 is 10.4 Å². The highest BCUT2D eigenvalue weighted by atomic mass is 32.2. The predicted molar refractivity (Wildman–Crippen MR) is 81.2 cm³/mol. The van der Waals surface area contributed by atoms with Crippen LogP contribution in [0, 0.1) is 5.41 Å². The Balaban J connectivity index is 2.06. The van der Waals surface area contributed by atoms with Crippen molar-refractivity contribution in [1.82, 2.24) is 0 Å². The Labute approximate surface area is 125 Å². The molecular formula is C15H21NO4S. The van der Waals surface area contributed by atoms with Gasteiger partial charge in [0, 0.05) is 18.5 Å². The van der Waals surface area contributed by atoms with Crippen LogP contribution in [0.15, 0.2) is 29.2 Å². The Hall–Kier alpha value is -1.56. The molecule has 5 nitrogen and oxygen atoms in total. The zero-order valence-corrected chi connectivity index (χ0v) is 12.9. The summed E-state index contributed by atoms with van der Waals surface area (Å²) < 4.78 is 22.8. The molecule has 0 amide bonds. The molecule has 1 aromatic carbocycles. The van der Waals surface area contributed by atoms with Crippen LogP contribution in [0.5, 0.6) is 0 Å². The van der Waals surface area contributed by atoms with Gasteiger partial charge in [0.05, 0.1) is 10.3 Å². The zero-order chi connectivity index (χ0) is 15.5. The van der Waals surface area contributed by atoms with E-state index in [1.54, 1.807) is 12.1 Å². The maximum atomic E-state index is 11.6. The second-order valence-electron chi connectivity index (χ2n) is 5.80. The van der Waals surface area contributed by atoms with Gasteiger partial charge in [-0.05, 0) is 37.1 Å². The summed E-state index contributed by atoms with van der Waals surface area (Å²) in [6, 6.07) is 6.42. The number of hydrogen-bond acceptors (Lipinski definition) is 4. The van der Waals surface area contributed by atoms with Gasteiger partial charge in [-0.1, -0.05) is 19.3 Å². The highest BCUT2D eigenvalue weighted by Gasteiger charge is 2.39. The van der Waals surface area contributed by atoms with Gasteiger partial charge >= 0.3 is 5.97 Å². The van der Waals surface area contributed by atoms with Gasteiger partial charge in [0.15, 0.2) is 9.84 Å². The summed E-state index contributed by atoms with van der Waals surface area (Å²) in [5, 5.41) is 12.6. The van der Waals surface area contributed by atoms with E-state index in [0.29, 0.717) is 19.4 Å². The van der Waals surface area contributed by atoms with Crippen LogP contribution in [0.4, 0.5) is 5.69 Å². The number of nitrogens with one attached hydrogen (secondary N) is 1. The van der Waals surface area contributed by atoms with Gasteiger partial charge in [-0.2, -0.15) is 0 Å². The fraction of sp³-hybridized carbons (Fsp3) is 0.533. The molecule has 2 rings (SSSR count). The molecule has 0 spiro atoms. The lowest BCUT2D eigenvalue weighted by Crippen LogP contribution is -2.39. The molecule has 0 atom stereocenters. The van der Waals surface area contributed by atoms with Crippen LogP contribution < -0.4 is 5.32 Å². The minimum atomic E-state index is -3.20. The number of aliphatic carboxylic acids is 1. The molecule has 6 heteroatoms. The smallest absolute Gasteiger partial charge is 0.311 e. The molecule has 2 N–H and O–H groups in total. The average molecular weight is 311 g/mol. The Morgan fingerprint density at radius 1 is 1.19 bits per heavy atom. The standard InChI is InChI=1S/C15H21NO4S/c1-21(19,20)13-7-5-12(6-8-13)16-11-15(14(17)18)9-3-2-4-10-15/h5-8,16H,2-4,9-11H2,1H3,(H,17,18). The normalized spacial score (nSPS) is 18.1. The summed E-state index contributed by atoms with van der Waals surface area (Å²) in [6.07, 6.45) is 5.53. The SMILES string of the molecule is CS(=O)(=O)c1ccc(NCC2(C(=O)O)CCCCC2)cc1. The molecule has 21 heavy (non-hydrogen) atoms. The van der Waals surface area contributed by atoms with Crippen molar-refractivity contribution in [3.8, 4) is 0 Å². The molecule has 116 valence electrons. The predicted octanol–water partition coefficient (Wildman–Crippen LogP) is 2.54. The van der Waals surface area contributed by atoms with Crippen LogP contribution in [-0.2, 0) is 14.6 Å². The quantitative estimate of drug-likeness (QED) is 0.873. The third kappa shape index (κ3) is 3.75. The summed E-state index contributed by atoms with van der Waals surface area (Å²) in [6.45, 7) is 0.376. The number of rotatable bonds is 5. The maximum absolute atomic E-state index is 11.6.